The number of benzene rings is 2. The highest BCUT2D eigenvalue weighted by molar-refractivity contribution is 6.30. The third-order valence-corrected chi connectivity index (χ3v) is 5.96. The molecule has 1 heterocycles. The number of Topliss-reactive ketones (excluding diaryl/α,β-unsaturated/α-hetero) is 1. The Morgan fingerprint density at radius 2 is 1.90 bits per heavy atom. The van der Waals surface area contributed by atoms with E-state index in [2.05, 4.69) is 29.4 Å². The lowest BCUT2D eigenvalue weighted by Crippen LogP contribution is -2.12. The smallest absolute Gasteiger partial charge is 0.166 e. The molecule has 0 unspecified atom stereocenters. The Kier molecular flexibility index (Phi) is 6.12. The van der Waals surface area contributed by atoms with Gasteiger partial charge >= 0.3 is 0 Å². The van der Waals surface area contributed by atoms with Crippen LogP contribution in [0.15, 0.2) is 60.9 Å². The van der Waals surface area contributed by atoms with E-state index in [1.165, 1.54) is 11.1 Å². The van der Waals surface area contributed by atoms with Crippen LogP contribution in [0.25, 0.3) is 5.69 Å². The predicted octanol–water partition coefficient (Wildman–Crippen LogP) is 5.04. The molecule has 1 atom stereocenters. The zero-order chi connectivity index (χ0) is 20.2. The van der Waals surface area contributed by atoms with E-state index in [0.29, 0.717) is 29.3 Å². The Morgan fingerprint density at radius 3 is 2.62 bits per heavy atom. The largest absolute Gasteiger partial charge is 0.393 e. The van der Waals surface area contributed by atoms with Crippen LogP contribution in [0, 0.1) is 5.92 Å². The first-order valence-corrected chi connectivity index (χ1v) is 10.5. The highest BCUT2D eigenvalue weighted by atomic mass is 35.5. The van der Waals surface area contributed by atoms with Crippen LogP contribution >= 0.6 is 11.6 Å². The third kappa shape index (κ3) is 4.95. The summed E-state index contributed by atoms with van der Waals surface area (Å²) < 4.78 is 1.65. The van der Waals surface area contributed by atoms with E-state index in [1.54, 1.807) is 29.2 Å². The molecule has 0 spiro atoms. The minimum Gasteiger partial charge on any atom is -0.393 e. The van der Waals surface area contributed by atoms with Gasteiger partial charge in [0.05, 0.1) is 23.6 Å². The monoisotopic (exact) mass is 408 g/mol. The third-order valence-electron chi connectivity index (χ3n) is 5.73. The van der Waals surface area contributed by atoms with Crippen molar-refractivity contribution in [2.24, 2.45) is 5.92 Å². The first kappa shape index (κ1) is 19.9. The molecular weight excluding hydrogens is 384 g/mol. The average Bonchev–Trinajstić information content (AvgIpc) is 3.37. The summed E-state index contributed by atoms with van der Waals surface area (Å²) in [6.45, 7) is 0. The molecular formula is C24H25ClN2O2. The number of aliphatic hydroxyl groups excluding tert-OH is 1. The number of carbonyl (C=O) groups excluding carboxylic acids is 1. The van der Waals surface area contributed by atoms with E-state index in [0.717, 1.165) is 31.4 Å². The zero-order valence-electron chi connectivity index (χ0n) is 16.3. The molecule has 3 aromatic rings. The summed E-state index contributed by atoms with van der Waals surface area (Å²) in [4.78, 5) is 12.5. The van der Waals surface area contributed by atoms with Gasteiger partial charge in [0.2, 0.25) is 0 Å². The van der Waals surface area contributed by atoms with Crippen LogP contribution in [-0.2, 0) is 12.8 Å². The topological polar surface area (TPSA) is 55.1 Å². The van der Waals surface area contributed by atoms with Crippen LogP contribution in [0.1, 0.15) is 47.2 Å². The van der Waals surface area contributed by atoms with Gasteiger partial charge < -0.3 is 5.11 Å². The number of halogens is 1. The van der Waals surface area contributed by atoms with Crippen molar-refractivity contribution in [3.8, 4) is 5.69 Å². The fourth-order valence-corrected chi connectivity index (χ4v) is 4.28. The number of hydrogen-bond acceptors (Lipinski definition) is 3. The van der Waals surface area contributed by atoms with Gasteiger partial charge in [-0.15, -0.1) is 0 Å². The van der Waals surface area contributed by atoms with Gasteiger partial charge in [-0.2, -0.15) is 5.10 Å². The van der Waals surface area contributed by atoms with E-state index in [4.69, 9.17) is 11.6 Å². The van der Waals surface area contributed by atoms with E-state index in [-0.39, 0.29) is 5.78 Å². The van der Waals surface area contributed by atoms with Gasteiger partial charge in [0, 0.05) is 17.6 Å². The maximum Gasteiger partial charge on any atom is 0.166 e. The lowest BCUT2D eigenvalue weighted by Gasteiger charge is -2.13. The molecule has 1 N–H and O–H groups in total. The molecule has 0 amide bonds. The van der Waals surface area contributed by atoms with Crippen LogP contribution < -0.4 is 0 Å². The Balaban J connectivity index is 1.24. The zero-order valence-corrected chi connectivity index (χ0v) is 17.1. The summed E-state index contributed by atoms with van der Waals surface area (Å²) in [6, 6.07) is 15.9. The van der Waals surface area contributed by atoms with Crippen LogP contribution in [0.4, 0.5) is 0 Å². The number of carbonyl (C=O) groups is 1. The number of ketones is 1. The highest BCUT2D eigenvalue weighted by Gasteiger charge is 2.22. The van der Waals surface area contributed by atoms with Gasteiger partial charge in [-0.1, -0.05) is 41.9 Å². The molecule has 0 saturated carbocycles. The molecule has 0 bridgehead atoms. The van der Waals surface area contributed by atoms with Gasteiger partial charge in [0.15, 0.2) is 5.78 Å². The first-order valence-electron chi connectivity index (χ1n) is 10.2. The van der Waals surface area contributed by atoms with E-state index in [9.17, 15) is 9.90 Å². The Labute approximate surface area is 176 Å². The minimum atomic E-state index is -0.439. The quantitative estimate of drug-likeness (QED) is 0.531. The SMILES string of the molecule is O=C(CC[C@H](O)CCC1Cc2ccccc2C1)c1cnn(-c2cccc(Cl)c2)c1. The molecule has 1 aromatic heterocycles. The molecule has 4 nitrogen and oxygen atoms in total. The second kappa shape index (κ2) is 8.93. The van der Waals surface area contributed by atoms with Crippen molar-refractivity contribution in [3.05, 3.63) is 82.6 Å². The van der Waals surface area contributed by atoms with Crippen molar-refractivity contribution >= 4 is 17.4 Å². The van der Waals surface area contributed by atoms with Crippen molar-refractivity contribution in [2.45, 2.75) is 44.6 Å². The number of aromatic nitrogens is 2. The van der Waals surface area contributed by atoms with Crippen LogP contribution in [0.2, 0.25) is 5.02 Å². The highest BCUT2D eigenvalue weighted by Crippen LogP contribution is 2.30. The maximum atomic E-state index is 12.5. The van der Waals surface area contributed by atoms with Crippen molar-refractivity contribution in [1.29, 1.82) is 0 Å². The molecule has 0 saturated heterocycles. The van der Waals surface area contributed by atoms with Crippen molar-refractivity contribution < 1.29 is 9.90 Å². The summed E-state index contributed by atoms with van der Waals surface area (Å²) in [5, 5.41) is 15.2. The Morgan fingerprint density at radius 1 is 1.14 bits per heavy atom. The van der Waals surface area contributed by atoms with Crippen molar-refractivity contribution in [2.75, 3.05) is 0 Å². The second-order valence-electron chi connectivity index (χ2n) is 7.89. The summed E-state index contributed by atoms with van der Waals surface area (Å²) >= 11 is 6.02. The molecule has 5 heteroatoms. The van der Waals surface area contributed by atoms with Crippen LogP contribution in [0.3, 0.4) is 0 Å². The fourth-order valence-electron chi connectivity index (χ4n) is 4.10. The number of hydrogen-bond donors (Lipinski definition) is 1. The molecule has 0 fully saturated rings. The lowest BCUT2D eigenvalue weighted by molar-refractivity contribution is 0.0927. The van der Waals surface area contributed by atoms with Crippen LogP contribution in [-0.4, -0.2) is 26.8 Å². The first-order chi connectivity index (χ1) is 14.1. The normalized spacial score (nSPS) is 14.7. The lowest BCUT2D eigenvalue weighted by atomic mass is 9.96. The summed E-state index contributed by atoms with van der Waals surface area (Å²) in [7, 11) is 0. The number of aliphatic hydroxyl groups is 1. The standard InChI is InChI=1S/C24H25ClN2O2/c25-21-6-3-7-22(14-21)27-16-20(15-26-27)24(29)11-10-23(28)9-8-17-12-18-4-1-2-5-19(18)13-17/h1-7,14-17,23,28H,8-13H2/t23-/m1/s1. The molecule has 29 heavy (non-hydrogen) atoms. The van der Waals surface area contributed by atoms with Gasteiger partial charge in [0.1, 0.15) is 0 Å². The van der Waals surface area contributed by atoms with Gasteiger partial charge in [-0.05, 0) is 67.3 Å². The summed E-state index contributed by atoms with van der Waals surface area (Å²) in [5.41, 5.74) is 4.26. The average molecular weight is 409 g/mol. The number of nitrogens with zero attached hydrogens (tertiary/aromatic N) is 2. The molecule has 1 aliphatic carbocycles. The summed E-state index contributed by atoms with van der Waals surface area (Å²) in [6.07, 6.45) is 7.61. The van der Waals surface area contributed by atoms with Crippen molar-refractivity contribution in [3.63, 3.8) is 0 Å². The minimum absolute atomic E-state index is 0.00518. The molecule has 1 aliphatic rings. The Bertz CT molecular complexity index is 973. The Hall–Kier alpha value is -2.43. The van der Waals surface area contributed by atoms with Crippen molar-refractivity contribution in [1.82, 2.24) is 9.78 Å². The molecule has 2 aromatic carbocycles. The van der Waals surface area contributed by atoms with Gasteiger partial charge in [-0.25, -0.2) is 4.68 Å². The number of rotatable bonds is 8. The maximum absolute atomic E-state index is 12.5. The van der Waals surface area contributed by atoms with Gasteiger partial charge in [0.25, 0.3) is 0 Å². The predicted molar refractivity (Wildman–Crippen MR) is 115 cm³/mol. The molecule has 150 valence electrons. The molecule has 0 aliphatic heterocycles. The van der Waals surface area contributed by atoms with Crippen LogP contribution in [0.5, 0.6) is 0 Å². The summed E-state index contributed by atoms with van der Waals surface area (Å²) in [5.74, 6) is 0.610. The van der Waals surface area contributed by atoms with Gasteiger partial charge in [-0.3, -0.25) is 4.79 Å². The van der Waals surface area contributed by atoms with E-state index < -0.39 is 6.10 Å². The van der Waals surface area contributed by atoms with E-state index in [1.807, 2.05) is 12.1 Å². The number of fused-ring (bicyclic) bond motifs is 1. The second-order valence-corrected chi connectivity index (χ2v) is 8.33. The van der Waals surface area contributed by atoms with E-state index >= 15 is 0 Å². The fraction of sp³-hybridized carbons (Fsp3) is 0.333. The molecule has 0 radical (unpaired) electrons. The molecule has 4 rings (SSSR count).